The molecule has 0 saturated carbocycles. The average Bonchev–Trinajstić information content (AvgIpc) is 2.40. The predicted octanol–water partition coefficient (Wildman–Crippen LogP) is 1.32. The van der Waals surface area contributed by atoms with Crippen LogP contribution < -0.4 is 0 Å². The van der Waals surface area contributed by atoms with Crippen LogP contribution in [0.1, 0.15) is 27.7 Å². The summed E-state index contributed by atoms with van der Waals surface area (Å²) in [6.45, 7) is 6.09. The van der Waals surface area contributed by atoms with Gasteiger partial charge < -0.3 is 0 Å². The molecule has 0 aromatic carbocycles. The van der Waals surface area contributed by atoms with E-state index in [9.17, 15) is 9.59 Å². The van der Waals surface area contributed by atoms with E-state index in [0.29, 0.717) is 0 Å². The molecule has 0 amide bonds. The third-order valence-corrected chi connectivity index (χ3v) is 1.71. The summed E-state index contributed by atoms with van der Waals surface area (Å²) in [7, 11) is 0. The van der Waals surface area contributed by atoms with Crippen LogP contribution in [0.2, 0.25) is 0 Å². The highest BCUT2D eigenvalue weighted by atomic mass is 17.2. The van der Waals surface area contributed by atoms with Gasteiger partial charge in [0.1, 0.15) is 0 Å². The Kier molecular flexibility index (Phi) is 6.51. The Morgan fingerprint density at radius 3 is 1.40 bits per heavy atom. The van der Waals surface area contributed by atoms with Gasteiger partial charge in [-0.2, -0.15) is 9.78 Å². The van der Waals surface area contributed by atoms with Crippen LogP contribution in [0.5, 0.6) is 0 Å². The van der Waals surface area contributed by atoms with E-state index in [1.165, 1.54) is 27.7 Å². The second-order valence-electron chi connectivity index (χ2n) is 4.61. The molecule has 0 aromatic rings. The van der Waals surface area contributed by atoms with Gasteiger partial charge in [0, 0.05) is 12.2 Å². The quantitative estimate of drug-likeness (QED) is 0.316. The van der Waals surface area contributed by atoms with Crippen molar-refractivity contribution in [2.45, 2.75) is 38.9 Å². The maximum absolute atomic E-state index is 11.2. The molecular formula is C14H16O6. The highest BCUT2D eigenvalue weighted by molar-refractivity contribution is 5.91. The van der Waals surface area contributed by atoms with E-state index in [2.05, 4.69) is 31.4 Å². The van der Waals surface area contributed by atoms with Gasteiger partial charge in [0.2, 0.25) is 0 Å². The van der Waals surface area contributed by atoms with Crippen molar-refractivity contribution in [3.8, 4) is 24.7 Å². The van der Waals surface area contributed by atoms with Gasteiger partial charge in [0.25, 0.3) is 0 Å². The molecule has 0 aliphatic rings. The van der Waals surface area contributed by atoms with E-state index in [1.807, 2.05) is 0 Å². The zero-order valence-electron chi connectivity index (χ0n) is 11.8. The molecule has 6 heteroatoms. The van der Waals surface area contributed by atoms with Crippen LogP contribution in [0.3, 0.4) is 0 Å². The van der Waals surface area contributed by atoms with Gasteiger partial charge in [-0.3, -0.25) is 9.78 Å². The zero-order valence-corrected chi connectivity index (χ0v) is 11.8. The van der Waals surface area contributed by atoms with Crippen molar-refractivity contribution in [1.82, 2.24) is 0 Å². The standard InChI is InChI=1S/C14H16O6/c1-7-13(3,4)19-17-11(15)9-10-12(16)18-20-14(5,6)8-2/h1-2,9-10H,3-6H3/b10-9+. The first-order valence-electron chi connectivity index (χ1n) is 5.55. The summed E-state index contributed by atoms with van der Waals surface area (Å²) < 4.78 is 0. The summed E-state index contributed by atoms with van der Waals surface area (Å²) in [5.41, 5.74) is -2.13. The van der Waals surface area contributed by atoms with Crippen molar-refractivity contribution < 1.29 is 29.1 Å². The average molecular weight is 280 g/mol. The van der Waals surface area contributed by atoms with Crippen molar-refractivity contribution in [3.05, 3.63) is 12.2 Å². The second-order valence-corrected chi connectivity index (χ2v) is 4.61. The van der Waals surface area contributed by atoms with Gasteiger partial charge in [0.05, 0.1) is 0 Å². The first kappa shape index (κ1) is 17.7. The number of hydrogen-bond donors (Lipinski definition) is 0. The topological polar surface area (TPSA) is 71.1 Å². The molecule has 108 valence electrons. The second kappa shape index (κ2) is 7.34. The van der Waals surface area contributed by atoms with Crippen LogP contribution in [-0.2, 0) is 29.1 Å². The molecule has 0 aliphatic carbocycles. The molecule has 0 fully saturated rings. The van der Waals surface area contributed by atoms with Gasteiger partial charge >= 0.3 is 11.9 Å². The van der Waals surface area contributed by atoms with Crippen molar-refractivity contribution >= 4 is 11.9 Å². The number of carbonyl (C=O) groups excluding carboxylic acids is 2. The SMILES string of the molecule is C#CC(C)(C)OOC(=O)/C=C/C(=O)OOC(C)(C)C#C. The smallest absolute Gasteiger partial charge is 0.292 e. The lowest BCUT2D eigenvalue weighted by Gasteiger charge is -2.15. The lowest BCUT2D eigenvalue weighted by Crippen LogP contribution is -2.24. The van der Waals surface area contributed by atoms with Crippen LogP contribution in [0.25, 0.3) is 0 Å². The van der Waals surface area contributed by atoms with E-state index >= 15 is 0 Å². The molecule has 6 nitrogen and oxygen atoms in total. The maximum Gasteiger partial charge on any atom is 0.366 e. The minimum Gasteiger partial charge on any atom is -0.292 e. The van der Waals surface area contributed by atoms with E-state index in [-0.39, 0.29) is 0 Å². The number of carbonyl (C=O) groups is 2. The Bertz CT molecular complexity index is 429. The fourth-order valence-corrected chi connectivity index (χ4v) is 0.530. The van der Waals surface area contributed by atoms with Crippen LogP contribution in [-0.4, -0.2) is 23.1 Å². The van der Waals surface area contributed by atoms with E-state index in [0.717, 1.165) is 12.2 Å². The molecule has 0 unspecified atom stereocenters. The molecule has 0 atom stereocenters. The minimum absolute atomic E-state index is 0.793. The largest absolute Gasteiger partial charge is 0.366 e. The number of terminal acetylenes is 2. The highest BCUT2D eigenvalue weighted by Gasteiger charge is 2.19. The van der Waals surface area contributed by atoms with E-state index in [1.54, 1.807) is 0 Å². The minimum atomic E-state index is -1.07. The van der Waals surface area contributed by atoms with Gasteiger partial charge in [-0.25, -0.2) is 9.59 Å². The highest BCUT2D eigenvalue weighted by Crippen LogP contribution is 2.08. The van der Waals surface area contributed by atoms with Crippen molar-refractivity contribution in [1.29, 1.82) is 0 Å². The van der Waals surface area contributed by atoms with Gasteiger partial charge in [-0.05, 0) is 27.7 Å². The van der Waals surface area contributed by atoms with Gasteiger partial charge in [-0.1, -0.05) is 11.8 Å². The molecule has 0 aromatic heterocycles. The zero-order chi connectivity index (χ0) is 15.8. The van der Waals surface area contributed by atoms with E-state index in [4.69, 9.17) is 12.8 Å². The van der Waals surface area contributed by atoms with Crippen molar-refractivity contribution in [3.63, 3.8) is 0 Å². The number of rotatable bonds is 6. The molecule has 0 saturated heterocycles. The first-order chi connectivity index (χ1) is 9.12. The Hall–Kier alpha value is -2.28. The molecule has 0 spiro atoms. The summed E-state index contributed by atoms with van der Waals surface area (Å²) in [6.07, 6.45) is 11.8. The summed E-state index contributed by atoms with van der Waals surface area (Å²) in [6, 6.07) is 0. The first-order valence-corrected chi connectivity index (χ1v) is 5.55. The van der Waals surface area contributed by atoms with Crippen LogP contribution in [0.15, 0.2) is 12.2 Å². The van der Waals surface area contributed by atoms with Gasteiger partial charge in [-0.15, -0.1) is 12.8 Å². The fourth-order valence-electron chi connectivity index (χ4n) is 0.530. The third-order valence-electron chi connectivity index (χ3n) is 1.71. The Morgan fingerprint density at radius 2 is 1.15 bits per heavy atom. The predicted molar refractivity (Wildman–Crippen MR) is 69.3 cm³/mol. The van der Waals surface area contributed by atoms with Gasteiger partial charge in [0.15, 0.2) is 11.2 Å². The van der Waals surface area contributed by atoms with Crippen molar-refractivity contribution in [2.24, 2.45) is 0 Å². The third kappa shape index (κ3) is 7.93. The monoisotopic (exact) mass is 280 g/mol. The summed E-state index contributed by atoms with van der Waals surface area (Å²) >= 11 is 0. The maximum atomic E-state index is 11.2. The molecule has 20 heavy (non-hydrogen) atoms. The Morgan fingerprint density at radius 1 is 0.850 bits per heavy atom. The molecular weight excluding hydrogens is 264 g/mol. The van der Waals surface area contributed by atoms with Crippen LogP contribution >= 0.6 is 0 Å². The summed E-state index contributed by atoms with van der Waals surface area (Å²) in [4.78, 5) is 40.4. The fraction of sp³-hybridized carbons (Fsp3) is 0.429. The van der Waals surface area contributed by atoms with Crippen LogP contribution in [0.4, 0.5) is 0 Å². The lowest BCUT2D eigenvalue weighted by atomic mass is 10.2. The molecule has 0 bridgehead atoms. The molecule has 0 heterocycles. The molecule has 0 aliphatic heterocycles. The molecule has 0 radical (unpaired) electrons. The molecule has 0 N–H and O–H groups in total. The van der Waals surface area contributed by atoms with Crippen LogP contribution in [0, 0.1) is 24.7 Å². The summed E-state index contributed by atoms with van der Waals surface area (Å²) in [5, 5.41) is 0. The Labute approximate surface area is 117 Å². The number of hydrogen-bond acceptors (Lipinski definition) is 6. The normalized spacial score (nSPS) is 11.5. The molecule has 0 rings (SSSR count). The summed E-state index contributed by atoms with van der Waals surface area (Å²) in [5.74, 6) is 2.64. The van der Waals surface area contributed by atoms with E-state index < -0.39 is 23.1 Å². The lowest BCUT2D eigenvalue weighted by molar-refractivity contribution is -0.307. The Balaban J connectivity index is 4.18. The van der Waals surface area contributed by atoms with Crippen molar-refractivity contribution in [2.75, 3.05) is 0 Å².